The lowest BCUT2D eigenvalue weighted by Crippen LogP contribution is -2.13. The van der Waals surface area contributed by atoms with Crippen LogP contribution in [0.1, 0.15) is 11.3 Å². The molecular weight excluding hydrogens is 287 g/mol. The van der Waals surface area contributed by atoms with Crippen molar-refractivity contribution in [1.82, 2.24) is 4.98 Å². The highest BCUT2D eigenvalue weighted by molar-refractivity contribution is 5.70. The van der Waals surface area contributed by atoms with Crippen molar-refractivity contribution < 1.29 is 23.1 Å². The van der Waals surface area contributed by atoms with Crippen molar-refractivity contribution in [2.45, 2.75) is 12.6 Å². The fourth-order valence-electron chi connectivity index (χ4n) is 1.85. The minimum atomic E-state index is -4.43. The number of alkyl halides is 3. The van der Waals surface area contributed by atoms with E-state index in [0.29, 0.717) is 5.56 Å². The van der Waals surface area contributed by atoms with Crippen molar-refractivity contribution in [3.63, 3.8) is 0 Å². The van der Waals surface area contributed by atoms with Gasteiger partial charge < -0.3 is 10.1 Å². The maximum absolute atomic E-state index is 12.5. The van der Waals surface area contributed by atoms with Crippen LogP contribution in [0, 0.1) is 0 Å². The van der Waals surface area contributed by atoms with Gasteiger partial charge in [-0.1, -0.05) is 12.1 Å². The number of rotatable bonds is 3. The molecule has 0 aliphatic carbocycles. The van der Waals surface area contributed by atoms with E-state index in [-0.39, 0.29) is 17.7 Å². The highest BCUT2D eigenvalue weighted by Crippen LogP contribution is 2.30. The van der Waals surface area contributed by atoms with E-state index >= 15 is 0 Å². The Bertz CT molecular complexity index is 717. The first-order valence-corrected chi connectivity index (χ1v) is 5.89. The predicted molar refractivity (Wildman–Crippen MR) is 68.8 cm³/mol. The number of carboxylic acids is 1. The van der Waals surface area contributed by atoms with Crippen molar-refractivity contribution in [1.29, 1.82) is 0 Å². The summed E-state index contributed by atoms with van der Waals surface area (Å²) >= 11 is 0. The summed E-state index contributed by atoms with van der Waals surface area (Å²) in [5.74, 6) is -1.09. The second-order valence-electron chi connectivity index (χ2n) is 4.37. The Labute approximate surface area is 116 Å². The summed E-state index contributed by atoms with van der Waals surface area (Å²) in [6.45, 7) is 0. The van der Waals surface area contributed by atoms with Gasteiger partial charge in [0.15, 0.2) is 0 Å². The van der Waals surface area contributed by atoms with Gasteiger partial charge in [0.1, 0.15) is 0 Å². The average molecular weight is 297 g/mol. The summed E-state index contributed by atoms with van der Waals surface area (Å²) < 4.78 is 37.4. The SMILES string of the molecule is O=C(O)Cc1ccc(-c2ccc(C(F)(F)F)cc2)c(=O)[nH]1. The molecule has 1 aromatic carbocycles. The number of aromatic amines is 1. The van der Waals surface area contributed by atoms with Crippen molar-refractivity contribution >= 4 is 5.97 Å². The summed E-state index contributed by atoms with van der Waals surface area (Å²) in [4.78, 5) is 24.8. The van der Waals surface area contributed by atoms with Gasteiger partial charge in [-0.05, 0) is 29.8 Å². The summed E-state index contributed by atoms with van der Waals surface area (Å²) in [5, 5.41) is 8.62. The number of H-pyrrole nitrogens is 1. The molecule has 0 aliphatic rings. The highest BCUT2D eigenvalue weighted by atomic mass is 19.4. The van der Waals surface area contributed by atoms with Crippen molar-refractivity contribution in [3.8, 4) is 11.1 Å². The van der Waals surface area contributed by atoms with Gasteiger partial charge in [-0.2, -0.15) is 13.2 Å². The van der Waals surface area contributed by atoms with E-state index in [1.807, 2.05) is 0 Å². The van der Waals surface area contributed by atoms with Crippen LogP contribution in [0.5, 0.6) is 0 Å². The number of benzene rings is 1. The van der Waals surface area contributed by atoms with Crippen LogP contribution in [0.15, 0.2) is 41.2 Å². The number of carboxylic acid groups (broad SMARTS) is 1. The molecular formula is C14H10F3NO3. The van der Waals surface area contributed by atoms with E-state index in [1.165, 1.54) is 24.3 Å². The number of pyridine rings is 1. The zero-order valence-electron chi connectivity index (χ0n) is 10.6. The lowest BCUT2D eigenvalue weighted by atomic mass is 10.0. The Morgan fingerprint density at radius 2 is 1.71 bits per heavy atom. The maximum Gasteiger partial charge on any atom is 0.416 e. The molecule has 0 unspecified atom stereocenters. The number of nitrogens with one attached hydrogen (secondary N) is 1. The second-order valence-corrected chi connectivity index (χ2v) is 4.37. The molecule has 4 nitrogen and oxygen atoms in total. The molecule has 0 saturated carbocycles. The molecule has 1 aromatic heterocycles. The molecule has 0 spiro atoms. The molecule has 1 heterocycles. The molecule has 2 rings (SSSR count). The van der Waals surface area contributed by atoms with Crippen LogP contribution in [-0.2, 0) is 17.4 Å². The normalized spacial score (nSPS) is 11.4. The zero-order valence-corrected chi connectivity index (χ0v) is 10.6. The van der Waals surface area contributed by atoms with E-state index in [4.69, 9.17) is 5.11 Å². The van der Waals surface area contributed by atoms with E-state index in [1.54, 1.807) is 0 Å². The average Bonchev–Trinajstić information content (AvgIpc) is 2.37. The third-order valence-corrected chi connectivity index (χ3v) is 2.83. The topological polar surface area (TPSA) is 70.2 Å². The molecule has 2 aromatic rings. The van der Waals surface area contributed by atoms with Crippen LogP contribution in [0.3, 0.4) is 0 Å². The number of hydrogen-bond donors (Lipinski definition) is 2. The quantitative estimate of drug-likeness (QED) is 0.915. The largest absolute Gasteiger partial charge is 0.481 e. The van der Waals surface area contributed by atoms with E-state index in [2.05, 4.69) is 4.98 Å². The van der Waals surface area contributed by atoms with Crippen molar-refractivity contribution in [3.05, 3.63) is 58.0 Å². The fraction of sp³-hybridized carbons (Fsp3) is 0.143. The van der Waals surface area contributed by atoms with E-state index in [9.17, 15) is 22.8 Å². The van der Waals surface area contributed by atoms with Gasteiger partial charge in [-0.25, -0.2) is 0 Å². The molecule has 0 atom stereocenters. The van der Waals surface area contributed by atoms with Crippen LogP contribution in [0.4, 0.5) is 13.2 Å². The molecule has 21 heavy (non-hydrogen) atoms. The van der Waals surface area contributed by atoms with Gasteiger partial charge in [0.2, 0.25) is 0 Å². The van der Waals surface area contributed by atoms with Gasteiger partial charge in [0.25, 0.3) is 5.56 Å². The smallest absolute Gasteiger partial charge is 0.416 e. The Morgan fingerprint density at radius 3 is 2.19 bits per heavy atom. The summed E-state index contributed by atoms with van der Waals surface area (Å²) in [5.41, 5.74) is -0.620. The summed E-state index contributed by atoms with van der Waals surface area (Å²) in [6.07, 6.45) is -4.77. The second kappa shape index (κ2) is 5.43. The minimum absolute atomic E-state index is 0.179. The fourth-order valence-corrected chi connectivity index (χ4v) is 1.85. The molecule has 0 aliphatic heterocycles. The van der Waals surface area contributed by atoms with E-state index < -0.39 is 23.3 Å². The van der Waals surface area contributed by atoms with Crippen LogP contribution in [0.2, 0.25) is 0 Å². The third kappa shape index (κ3) is 3.50. The summed E-state index contributed by atoms with van der Waals surface area (Å²) in [6, 6.07) is 6.98. The lowest BCUT2D eigenvalue weighted by Gasteiger charge is -2.07. The Hall–Kier alpha value is -2.57. The third-order valence-electron chi connectivity index (χ3n) is 2.83. The van der Waals surface area contributed by atoms with E-state index in [0.717, 1.165) is 12.1 Å². The van der Waals surface area contributed by atoms with Gasteiger partial charge in [-0.15, -0.1) is 0 Å². The standard InChI is InChI=1S/C14H10F3NO3/c15-14(16,17)9-3-1-8(2-4-9)11-6-5-10(7-12(19)20)18-13(11)21/h1-6H,7H2,(H,18,21)(H,19,20). The first kappa shape index (κ1) is 14.8. The Morgan fingerprint density at radius 1 is 1.10 bits per heavy atom. The first-order chi connectivity index (χ1) is 9.77. The Balaban J connectivity index is 2.34. The van der Waals surface area contributed by atoms with Crippen LogP contribution < -0.4 is 5.56 Å². The molecule has 0 radical (unpaired) electrons. The predicted octanol–water partition coefficient (Wildman–Crippen LogP) is 2.69. The molecule has 2 N–H and O–H groups in total. The molecule has 0 amide bonds. The zero-order chi connectivity index (χ0) is 15.6. The molecule has 0 fully saturated rings. The van der Waals surface area contributed by atoms with Gasteiger partial charge in [-0.3, -0.25) is 9.59 Å². The Kier molecular flexibility index (Phi) is 3.84. The van der Waals surface area contributed by atoms with Gasteiger partial charge >= 0.3 is 12.1 Å². The minimum Gasteiger partial charge on any atom is -0.481 e. The molecule has 0 saturated heterocycles. The molecule has 0 bridgehead atoms. The maximum atomic E-state index is 12.5. The summed E-state index contributed by atoms with van der Waals surface area (Å²) in [7, 11) is 0. The van der Waals surface area contributed by atoms with Crippen molar-refractivity contribution in [2.24, 2.45) is 0 Å². The van der Waals surface area contributed by atoms with Crippen molar-refractivity contribution in [2.75, 3.05) is 0 Å². The highest BCUT2D eigenvalue weighted by Gasteiger charge is 2.30. The number of aromatic nitrogens is 1. The van der Waals surface area contributed by atoms with Crippen LogP contribution in [-0.4, -0.2) is 16.1 Å². The van der Waals surface area contributed by atoms with Crippen LogP contribution >= 0.6 is 0 Å². The molecule has 110 valence electrons. The number of hydrogen-bond acceptors (Lipinski definition) is 2. The van der Waals surface area contributed by atoms with Gasteiger partial charge in [0, 0.05) is 11.3 Å². The lowest BCUT2D eigenvalue weighted by molar-refractivity contribution is -0.138. The number of carbonyl (C=O) groups is 1. The van der Waals surface area contributed by atoms with Gasteiger partial charge in [0.05, 0.1) is 12.0 Å². The number of halogens is 3. The monoisotopic (exact) mass is 297 g/mol. The molecule has 7 heteroatoms. The first-order valence-electron chi connectivity index (χ1n) is 5.89. The number of aliphatic carboxylic acids is 1. The van der Waals surface area contributed by atoms with Crippen LogP contribution in [0.25, 0.3) is 11.1 Å².